The minimum absolute atomic E-state index is 1.00. The first kappa shape index (κ1) is 8.10. The Labute approximate surface area is 65.0 Å². The van der Waals surface area contributed by atoms with Crippen molar-refractivity contribution >= 4 is 0 Å². The number of hydrogen-bond acceptors (Lipinski definition) is 0. The van der Waals surface area contributed by atoms with Crippen LogP contribution in [0.2, 0.25) is 0 Å². The third-order valence-electron chi connectivity index (χ3n) is 2.96. The number of hydrogen-bond donors (Lipinski definition) is 0. The Hall–Kier alpha value is 0. The Morgan fingerprint density at radius 2 is 2.00 bits per heavy atom. The fraction of sp³-hybridized carbons (Fsp3) is 1.00. The first-order chi connectivity index (χ1) is 4.74. The summed E-state index contributed by atoms with van der Waals surface area (Å²) in [5.74, 6) is 3.11. The van der Waals surface area contributed by atoms with E-state index in [-0.39, 0.29) is 0 Å². The van der Waals surface area contributed by atoms with Gasteiger partial charge in [-0.1, -0.05) is 33.6 Å². The van der Waals surface area contributed by atoms with Crippen LogP contribution in [-0.4, -0.2) is 0 Å². The zero-order valence-electron chi connectivity index (χ0n) is 7.56. The van der Waals surface area contributed by atoms with Crippen molar-refractivity contribution in [3.05, 3.63) is 0 Å². The summed E-state index contributed by atoms with van der Waals surface area (Å²) >= 11 is 0. The molecule has 0 spiro atoms. The van der Waals surface area contributed by atoms with Gasteiger partial charge in [-0.05, 0) is 30.6 Å². The Morgan fingerprint density at radius 1 is 1.40 bits per heavy atom. The van der Waals surface area contributed by atoms with Crippen LogP contribution < -0.4 is 0 Å². The van der Waals surface area contributed by atoms with Gasteiger partial charge in [-0.3, -0.25) is 0 Å². The van der Waals surface area contributed by atoms with Crippen LogP contribution in [0.4, 0.5) is 0 Å². The van der Waals surface area contributed by atoms with Crippen molar-refractivity contribution in [2.75, 3.05) is 0 Å². The maximum absolute atomic E-state index is 2.42. The van der Waals surface area contributed by atoms with E-state index in [1.165, 1.54) is 25.7 Å². The lowest BCUT2D eigenvalue weighted by molar-refractivity contribution is 0.140. The van der Waals surface area contributed by atoms with Gasteiger partial charge in [0.05, 0.1) is 0 Å². The maximum atomic E-state index is 2.42. The molecule has 0 aromatic rings. The molecule has 0 aliphatic heterocycles. The van der Waals surface area contributed by atoms with E-state index in [4.69, 9.17) is 0 Å². The summed E-state index contributed by atoms with van der Waals surface area (Å²) in [5.41, 5.74) is 0. The lowest BCUT2D eigenvalue weighted by atomic mass is 9.69. The molecule has 1 unspecified atom stereocenters. The first-order valence-corrected chi connectivity index (χ1v) is 4.74. The van der Waals surface area contributed by atoms with E-state index < -0.39 is 0 Å². The highest BCUT2D eigenvalue weighted by Crippen LogP contribution is 2.39. The molecule has 1 aliphatic rings. The second kappa shape index (κ2) is 3.41. The maximum Gasteiger partial charge on any atom is -0.0383 e. The van der Waals surface area contributed by atoms with Gasteiger partial charge in [-0.25, -0.2) is 0 Å². The highest BCUT2D eigenvalue weighted by molar-refractivity contribution is 4.79. The van der Waals surface area contributed by atoms with Crippen LogP contribution in [0.25, 0.3) is 0 Å². The van der Waals surface area contributed by atoms with Gasteiger partial charge in [0, 0.05) is 0 Å². The third kappa shape index (κ3) is 1.74. The molecule has 1 saturated carbocycles. The minimum atomic E-state index is 1.00. The van der Waals surface area contributed by atoms with Crippen LogP contribution in [0.15, 0.2) is 0 Å². The van der Waals surface area contributed by atoms with Gasteiger partial charge in [0.25, 0.3) is 0 Å². The molecule has 0 bridgehead atoms. The fourth-order valence-corrected chi connectivity index (χ4v) is 2.12. The van der Waals surface area contributed by atoms with Crippen LogP contribution in [-0.2, 0) is 0 Å². The predicted molar refractivity (Wildman–Crippen MR) is 46.0 cm³/mol. The van der Waals surface area contributed by atoms with E-state index in [0.29, 0.717) is 0 Å². The van der Waals surface area contributed by atoms with E-state index in [0.717, 1.165) is 17.8 Å². The standard InChI is InChI=1S/C10H20/c1-4-5-9(3)10-6-8(2)7-10/h8-10H,4-7H2,1-3H3. The third-order valence-corrected chi connectivity index (χ3v) is 2.96. The van der Waals surface area contributed by atoms with Crippen LogP contribution in [0.5, 0.6) is 0 Å². The number of rotatable bonds is 3. The van der Waals surface area contributed by atoms with Crippen LogP contribution in [0.1, 0.15) is 46.5 Å². The second-order valence-electron chi connectivity index (χ2n) is 4.10. The SMILES string of the molecule is CCCC(C)C1CC(C)C1. The van der Waals surface area contributed by atoms with Crippen molar-refractivity contribution in [2.24, 2.45) is 17.8 Å². The summed E-state index contributed by atoms with van der Waals surface area (Å²) in [5, 5.41) is 0. The van der Waals surface area contributed by atoms with Crippen molar-refractivity contribution in [2.45, 2.75) is 46.5 Å². The Balaban J connectivity index is 2.11. The van der Waals surface area contributed by atoms with E-state index in [1.54, 1.807) is 0 Å². The summed E-state index contributed by atoms with van der Waals surface area (Å²) in [7, 11) is 0. The average Bonchev–Trinajstić information content (AvgIpc) is 1.82. The minimum Gasteiger partial charge on any atom is -0.0654 e. The van der Waals surface area contributed by atoms with Crippen molar-refractivity contribution in [1.82, 2.24) is 0 Å². The molecule has 60 valence electrons. The highest BCUT2D eigenvalue weighted by atomic mass is 14.3. The highest BCUT2D eigenvalue weighted by Gasteiger charge is 2.28. The molecule has 1 atom stereocenters. The molecular weight excluding hydrogens is 120 g/mol. The normalized spacial score (nSPS) is 35.1. The van der Waals surface area contributed by atoms with Gasteiger partial charge in [0.2, 0.25) is 0 Å². The van der Waals surface area contributed by atoms with Crippen molar-refractivity contribution < 1.29 is 0 Å². The van der Waals surface area contributed by atoms with Gasteiger partial charge < -0.3 is 0 Å². The molecule has 0 heteroatoms. The molecule has 0 amide bonds. The Bertz CT molecular complexity index is 87.5. The summed E-state index contributed by atoms with van der Waals surface area (Å²) < 4.78 is 0. The zero-order valence-corrected chi connectivity index (χ0v) is 7.56. The largest absolute Gasteiger partial charge is 0.0654 e. The van der Waals surface area contributed by atoms with Gasteiger partial charge in [-0.15, -0.1) is 0 Å². The van der Waals surface area contributed by atoms with Crippen LogP contribution in [0, 0.1) is 17.8 Å². The first-order valence-electron chi connectivity index (χ1n) is 4.74. The van der Waals surface area contributed by atoms with Crippen LogP contribution in [0.3, 0.4) is 0 Å². The van der Waals surface area contributed by atoms with Gasteiger partial charge in [0.1, 0.15) is 0 Å². The zero-order chi connectivity index (χ0) is 7.56. The molecule has 10 heavy (non-hydrogen) atoms. The fourth-order valence-electron chi connectivity index (χ4n) is 2.12. The van der Waals surface area contributed by atoms with Crippen molar-refractivity contribution in [1.29, 1.82) is 0 Å². The molecule has 0 N–H and O–H groups in total. The molecule has 0 radical (unpaired) electrons. The Kier molecular flexibility index (Phi) is 2.76. The van der Waals surface area contributed by atoms with Crippen molar-refractivity contribution in [3.63, 3.8) is 0 Å². The van der Waals surface area contributed by atoms with Crippen molar-refractivity contribution in [3.8, 4) is 0 Å². The lowest BCUT2D eigenvalue weighted by Gasteiger charge is -2.37. The molecule has 0 saturated heterocycles. The van der Waals surface area contributed by atoms with E-state index in [9.17, 15) is 0 Å². The molecule has 1 fully saturated rings. The van der Waals surface area contributed by atoms with E-state index in [2.05, 4.69) is 20.8 Å². The topological polar surface area (TPSA) is 0 Å². The monoisotopic (exact) mass is 140 g/mol. The second-order valence-corrected chi connectivity index (χ2v) is 4.10. The van der Waals surface area contributed by atoms with E-state index >= 15 is 0 Å². The molecule has 0 aromatic carbocycles. The molecule has 1 rings (SSSR count). The lowest BCUT2D eigenvalue weighted by Crippen LogP contribution is -2.26. The molecule has 0 aromatic heterocycles. The predicted octanol–water partition coefficient (Wildman–Crippen LogP) is 3.47. The summed E-state index contributed by atoms with van der Waals surface area (Å²) in [4.78, 5) is 0. The summed E-state index contributed by atoms with van der Waals surface area (Å²) in [6.45, 7) is 7.08. The average molecular weight is 140 g/mol. The Morgan fingerprint density at radius 3 is 2.40 bits per heavy atom. The quantitative estimate of drug-likeness (QED) is 0.563. The summed E-state index contributed by atoms with van der Waals surface area (Å²) in [6, 6.07) is 0. The van der Waals surface area contributed by atoms with Crippen LogP contribution >= 0.6 is 0 Å². The van der Waals surface area contributed by atoms with Gasteiger partial charge in [-0.2, -0.15) is 0 Å². The molecule has 0 nitrogen and oxygen atoms in total. The smallest absolute Gasteiger partial charge is 0.0383 e. The molecule has 0 heterocycles. The van der Waals surface area contributed by atoms with Gasteiger partial charge in [0.15, 0.2) is 0 Å². The molecular formula is C10H20. The molecule has 1 aliphatic carbocycles. The van der Waals surface area contributed by atoms with Gasteiger partial charge >= 0.3 is 0 Å². The van der Waals surface area contributed by atoms with E-state index in [1.807, 2.05) is 0 Å². The summed E-state index contributed by atoms with van der Waals surface area (Å²) in [6.07, 6.45) is 5.81.